The van der Waals surface area contributed by atoms with Crippen LogP contribution >= 0.6 is 0 Å². The molecule has 72 valence electrons. The van der Waals surface area contributed by atoms with Gasteiger partial charge in [-0.05, 0) is 43.9 Å². The van der Waals surface area contributed by atoms with Crippen molar-refractivity contribution in [2.45, 2.75) is 38.5 Å². The Balaban J connectivity index is 1.83. The molecule has 0 radical (unpaired) electrons. The molecule has 0 heterocycles. The molecule has 0 aromatic rings. The van der Waals surface area contributed by atoms with Crippen molar-refractivity contribution in [3.63, 3.8) is 0 Å². The normalized spacial score (nSPS) is 24.2. The second kappa shape index (κ2) is 3.01. The van der Waals surface area contributed by atoms with E-state index in [1.54, 1.807) is 0 Å². The summed E-state index contributed by atoms with van der Waals surface area (Å²) in [5.74, 6) is 0. The van der Waals surface area contributed by atoms with E-state index in [-0.39, 0.29) is 6.02 Å². The lowest BCUT2D eigenvalue weighted by Gasteiger charge is -2.21. The summed E-state index contributed by atoms with van der Waals surface area (Å²) in [7, 11) is 0. The molecule has 2 aliphatic rings. The van der Waals surface area contributed by atoms with Crippen molar-refractivity contribution in [2.24, 2.45) is 16.3 Å². The second-order valence-corrected chi connectivity index (χ2v) is 4.11. The topological polar surface area (TPSA) is 71.5 Å². The minimum Gasteiger partial charge on any atom is -0.352 e. The van der Waals surface area contributed by atoms with Crippen LogP contribution in [-0.4, -0.2) is 11.7 Å². The summed E-state index contributed by atoms with van der Waals surface area (Å²) >= 11 is 0. The molecular formula is C9H15N3O. The first-order valence-corrected chi connectivity index (χ1v) is 4.77. The van der Waals surface area contributed by atoms with Gasteiger partial charge in [-0.1, -0.05) is 5.16 Å². The zero-order chi connectivity index (χ0) is 9.31. The van der Waals surface area contributed by atoms with Gasteiger partial charge in [-0.2, -0.15) is 0 Å². The van der Waals surface area contributed by atoms with E-state index in [0.717, 1.165) is 18.6 Å². The molecule has 0 unspecified atom stereocenters. The SMILES string of the molecule is N=C(N)ON=C1CCC2(CC1)CC2. The molecule has 3 N–H and O–H groups in total. The Bertz CT molecular complexity index is 244. The Morgan fingerprint density at radius 2 is 1.92 bits per heavy atom. The molecular weight excluding hydrogens is 166 g/mol. The van der Waals surface area contributed by atoms with E-state index < -0.39 is 0 Å². The molecule has 13 heavy (non-hydrogen) atoms. The first-order valence-electron chi connectivity index (χ1n) is 4.77. The minimum atomic E-state index is -0.320. The highest BCUT2D eigenvalue weighted by molar-refractivity contribution is 5.85. The van der Waals surface area contributed by atoms with Gasteiger partial charge in [-0.3, -0.25) is 0 Å². The molecule has 2 rings (SSSR count). The average Bonchev–Trinajstić information content (AvgIpc) is 2.85. The van der Waals surface area contributed by atoms with Gasteiger partial charge in [0.15, 0.2) is 0 Å². The third-order valence-electron chi connectivity index (χ3n) is 3.12. The molecule has 2 saturated carbocycles. The molecule has 0 aromatic carbocycles. The average molecular weight is 181 g/mol. The molecule has 0 atom stereocenters. The molecule has 0 saturated heterocycles. The van der Waals surface area contributed by atoms with Crippen LogP contribution < -0.4 is 5.73 Å². The smallest absolute Gasteiger partial charge is 0.309 e. The third kappa shape index (κ3) is 1.99. The van der Waals surface area contributed by atoms with Crippen LogP contribution in [0.2, 0.25) is 0 Å². The van der Waals surface area contributed by atoms with Gasteiger partial charge in [0.1, 0.15) is 0 Å². The molecule has 2 fully saturated rings. The summed E-state index contributed by atoms with van der Waals surface area (Å²) < 4.78 is 0. The fraction of sp³-hybridized carbons (Fsp3) is 0.778. The zero-order valence-electron chi connectivity index (χ0n) is 7.68. The molecule has 4 nitrogen and oxygen atoms in total. The largest absolute Gasteiger partial charge is 0.352 e. The van der Waals surface area contributed by atoms with E-state index in [1.807, 2.05) is 0 Å². The number of amidine groups is 1. The van der Waals surface area contributed by atoms with Crippen LogP contribution in [0, 0.1) is 10.8 Å². The van der Waals surface area contributed by atoms with Gasteiger partial charge >= 0.3 is 6.02 Å². The fourth-order valence-corrected chi connectivity index (χ4v) is 1.95. The number of nitrogens with one attached hydrogen (secondary N) is 1. The first-order chi connectivity index (χ1) is 6.20. The van der Waals surface area contributed by atoms with Crippen molar-refractivity contribution in [1.29, 1.82) is 5.41 Å². The van der Waals surface area contributed by atoms with Crippen LogP contribution in [0.15, 0.2) is 5.16 Å². The number of nitrogens with two attached hydrogens (primary N) is 1. The molecule has 2 aliphatic carbocycles. The molecule has 0 amide bonds. The van der Waals surface area contributed by atoms with Gasteiger partial charge in [0.05, 0.1) is 5.71 Å². The number of hydrogen-bond acceptors (Lipinski definition) is 3. The van der Waals surface area contributed by atoms with Gasteiger partial charge in [-0.15, -0.1) is 0 Å². The maximum absolute atomic E-state index is 6.85. The number of nitrogens with zero attached hydrogens (tertiary/aromatic N) is 1. The van der Waals surface area contributed by atoms with Gasteiger partial charge < -0.3 is 10.6 Å². The predicted octanol–water partition coefficient (Wildman–Crippen LogP) is 1.61. The van der Waals surface area contributed by atoms with Crippen LogP contribution in [0.5, 0.6) is 0 Å². The Kier molecular flexibility index (Phi) is 1.98. The summed E-state index contributed by atoms with van der Waals surface area (Å²) in [4.78, 5) is 4.62. The summed E-state index contributed by atoms with van der Waals surface area (Å²) in [6.07, 6.45) is 7.32. The quantitative estimate of drug-likeness (QED) is 0.366. The van der Waals surface area contributed by atoms with Crippen LogP contribution in [-0.2, 0) is 4.84 Å². The summed E-state index contributed by atoms with van der Waals surface area (Å²) in [6, 6.07) is -0.320. The highest BCUT2D eigenvalue weighted by Gasteiger charge is 2.44. The highest BCUT2D eigenvalue weighted by atomic mass is 16.6. The zero-order valence-corrected chi connectivity index (χ0v) is 7.68. The molecule has 1 spiro atoms. The van der Waals surface area contributed by atoms with Crippen molar-refractivity contribution in [3.8, 4) is 0 Å². The number of rotatable bonds is 1. The van der Waals surface area contributed by atoms with Crippen LogP contribution in [0.3, 0.4) is 0 Å². The van der Waals surface area contributed by atoms with Crippen LogP contribution in [0.25, 0.3) is 0 Å². The van der Waals surface area contributed by atoms with Crippen LogP contribution in [0.1, 0.15) is 38.5 Å². The molecule has 4 heteroatoms. The van der Waals surface area contributed by atoms with Crippen molar-refractivity contribution in [2.75, 3.05) is 0 Å². The van der Waals surface area contributed by atoms with E-state index >= 15 is 0 Å². The summed E-state index contributed by atoms with van der Waals surface area (Å²) in [6.45, 7) is 0. The molecule has 0 bridgehead atoms. The first kappa shape index (κ1) is 8.53. The van der Waals surface area contributed by atoms with Crippen LogP contribution in [0.4, 0.5) is 0 Å². The molecule has 0 aliphatic heterocycles. The summed E-state index contributed by atoms with van der Waals surface area (Å²) in [5.41, 5.74) is 6.77. The standard InChI is InChI=1S/C9H15N3O/c10-8(11)13-12-7-1-3-9(4-2-7)5-6-9/h1-6H2,(H3,10,11). The Morgan fingerprint density at radius 1 is 1.31 bits per heavy atom. The van der Waals surface area contributed by atoms with E-state index in [9.17, 15) is 0 Å². The lowest BCUT2D eigenvalue weighted by atomic mass is 9.85. The minimum absolute atomic E-state index is 0.320. The summed E-state index contributed by atoms with van der Waals surface area (Å²) in [5, 5.41) is 10.7. The van der Waals surface area contributed by atoms with Crippen molar-refractivity contribution >= 4 is 11.7 Å². The van der Waals surface area contributed by atoms with Gasteiger partial charge in [0.25, 0.3) is 0 Å². The van der Waals surface area contributed by atoms with Crippen molar-refractivity contribution < 1.29 is 4.84 Å². The maximum Gasteiger partial charge on any atom is 0.309 e. The fourth-order valence-electron chi connectivity index (χ4n) is 1.95. The number of hydrogen-bond donors (Lipinski definition) is 2. The Hall–Kier alpha value is -1.06. The highest BCUT2D eigenvalue weighted by Crippen LogP contribution is 2.55. The van der Waals surface area contributed by atoms with Gasteiger partial charge in [-0.25, -0.2) is 5.41 Å². The maximum atomic E-state index is 6.85. The second-order valence-electron chi connectivity index (χ2n) is 4.11. The lowest BCUT2D eigenvalue weighted by Crippen LogP contribution is -2.17. The lowest BCUT2D eigenvalue weighted by molar-refractivity contribution is 0.309. The van der Waals surface area contributed by atoms with E-state index in [0.29, 0.717) is 5.41 Å². The van der Waals surface area contributed by atoms with E-state index in [1.165, 1.54) is 25.7 Å². The number of oxime groups is 1. The van der Waals surface area contributed by atoms with Crippen molar-refractivity contribution in [3.05, 3.63) is 0 Å². The monoisotopic (exact) mass is 181 g/mol. The molecule has 0 aromatic heterocycles. The van der Waals surface area contributed by atoms with E-state index in [4.69, 9.17) is 11.1 Å². The van der Waals surface area contributed by atoms with Gasteiger partial charge in [0, 0.05) is 0 Å². The Morgan fingerprint density at radius 3 is 2.38 bits per heavy atom. The van der Waals surface area contributed by atoms with Crippen molar-refractivity contribution in [1.82, 2.24) is 0 Å². The van der Waals surface area contributed by atoms with Gasteiger partial charge in [0.2, 0.25) is 0 Å². The van der Waals surface area contributed by atoms with E-state index in [2.05, 4.69) is 9.99 Å². The Labute approximate surface area is 77.6 Å². The predicted molar refractivity (Wildman–Crippen MR) is 50.6 cm³/mol. The third-order valence-corrected chi connectivity index (χ3v) is 3.12.